The third-order valence-corrected chi connectivity index (χ3v) is 6.87. The molecule has 0 spiro atoms. The molecular formula is C27H36N4O5. The van der Waals surface area contributed by atoms with Crippen LogP contribution < -0.4 is 10.9 Å². The number of esters is 1. The minimum absolute atomic E-state index is 0.0325. The van der Waals surface area contributed by atoms with Crippen LogP contribution in [0.2, 0.25) is 0 Å². The standard InChI is InChI=1S/C27H36N4O5/c1-16-11-20(15-30(4)26(16)33)25-29-22-12-19(9-10-23(22)31(25)14-17(2)35-5)13-28-24(18(3)32)27(34)36-21-7-6-8-21/h9-12,15,17-18,21,24,28,32H,6-8,13-14H2,1-5H3/t17?,18-,24+/m1/s1. The van der Waals surface area contributed by atoms with Crippen LogP contribution in [0.5, 0.6) is 0 Å². The van der Waals surface area contributed by atoms with Gasteiger partial charge in [0.2, 0.25) is 0 Å². The molecule has 3 atom stereocenters. The van der Waals surface area contributed by atoms with E-state index < -0.39 is 18.1 Å². The molecule has 1 aliphatic carbocycles. The number of aliphatic hydroxyl groups excluding tert-OH is 1. The number of ether oxygens (including phenoxy) is 2. The lowest BCUT2D eigenvalue weighted by atomic mass is 9.96. The number of aryl methyl sites for hydroxylation is 2. The molecule has 1 saturated carbocycles. The highest BCUT2D eigenvalue weighted by atomic mass is 16.5. The van der Waals surface area contributed by atoms with Gasteiger partial charge in [0.25, 0.3) is 5.56 Å². The fourth-order valence-electron chi connectivity index (χ4n) is 4.43. The summed E-state index contributed by atoms with van der Waals surface area (Å²) in [5.41, 5.74) is 4.13. The van der Waals surface area contributed by atoms with Crippen LogP contribution in [0.4, 0.5) is 0 Å². The number of rotatable bonds is 10. The van der Waals surface area contributed by atoms with E-state index in [1.807, 2.05) is 31.2 Å². The smallest absolute Gasteiger partial charge is 0.326 e. The van der Waals surface area contributed by atoms with Crippen LogP contribution in [0.15, 0.2) is 35.3 Å². The molecule has 1 aliphatic rings. The summed E-state index contributed by atoms with van der Waals surface area (Å²) in [5.74, 6) is 0.338. The summed E-state index contributed by atoms with van der Waals surface area (Å²) >= 11 is 0. The number of imidazole rings is 1. The van der Waals surface area contributed by atoms with Crippen molar-refractivity contribution in [3.8, 4) is 11.4 Å². The van der Waals surface area contributed by atoms with Gasteiger partial charge in [-0.2, -0.15) is 0 Å². The molecule has 194 valence electrons. The first-order chi connectivity index (χ1) is 17.2. The number of nitrogens with one attached hydrogen (secondary N) is 1. The van der Waals surface area contributed by atoms with E-state index in [9.17, 15) is 14.7 Å². The number of carbonyl (C=O) groups is 1. The fourth-order valence-corrected chi connectivity index (χ4v) is 4.43. The highest BCUT2D eigenvalue weighted by Crippen LogP contribution is 2.27. The number of aliphatic hydroxyl groups is 1. The first-order valence-electron chi connectivity index (χ1n) is 12.5. The van der Waals surface area contributed by atoms with Crippen molar-refractivity contribution in [3.63, 3.8) is 0 Å². The van der Waals surface area contributed by atoms with Crippen molar-refractivity contribution in [2.75, 3.05) is 7.11 Å². The van der Waals surface area contributed by atoms with E-state index in [-0.39, 0.29) is 17.8 Å². The summed E-state index contributed by atoms with van der Waals surface area (Å²) in [4.78, 5) is 29.7. The van der Waals surface area contributed by atoms with E-state index in [4.69, 9.17) is 14.5 Å². The van der Waals surface area contributed by atoms with Crippen molar-refractivity contribution in [2.24, 2.45) is 7.05 Å². The Morgan fingerprint density at radius 1 is 1.28 bits per heavy atom. The first kappa shape index (κ1) is 26.1. The molecule has 1 fully saturated rings. The molecule has 2 aromatic heterocycles. The minimum Gasteiger partial charge on any atom is -0.461 e. The number of carbonyl (C=O) groups excluding carboxylic acids is 1. The van der Waals surface area contributed by atoms with Crippen LogP contribution >= 0.6 is 0 Å². The van der Waals surface area contributed by atoms with Crippen molar-refractivity contribution in [3.05, 3.63) is 51.9 Å². The van der Waals surface area contributed by atoms with Gasteiger partial charge in [0.05, 0.1) is 29.8 Å². The Kier molecular flexibility index (Phi) is 7.92. The summed E-state index contributed by atoms with van der Waals surface area (Å²) in [6.45, 7) is 6.36. The third kappa shape index (κ3) is 5.53. The second-order valence-electron chi connectivity index (χ2n) is 9.83. The number of fused-ring (bicyclic) bond motifs is 1. The summed E-state index contributed by atoms with van der Waals surface area (Å²) in [5, 5.41) is 13.3. The lowest BCUT2D eigenvalue weighted by molar-refractivity contribution is -0.158. The average molecular weight is 497 g/mol. The van der Waals surface area contributed by atoms with Crippen molar-refractivity contribution in [1.82, 2.24) is 19.4 Å². The number of aromatic nitrogens is 3. The zero-order chi connectivity index (χ0) is 26.0. The predicted octanol–water partition coefficient (Wildman–Crippen LogP) is 2.68. The Morgan fingerprint density at radius 2 is 2.03 bits per heavy atom. The van der Waals surface area contributed by atoms with Gasteiger partial charge in [-0.15, -0.1) is 0 Å². The first-order valence-corrected chi connectivity index (χ1v) is 12.5. The molecular weight excluding hydrogens is 460 g/mol. The van der Waals surface area contributed by atoms with E-state index in [1.165, 1.54) is 0 Å². The zero-order valence-corrected chi connectivity index (χ0v) is 21.7. The molecule has 0 aliphatic heterocycles. The third-order valence-electron chi connectivity index (χ3n) is 6.87. The maximum atomic E-state index is 12.5. The van der Waals surface area contributed by atoms with Gasteiger partial charge in [0, 0.05) is 38.0 Å². The van der Waals surface area contributed by atoms with Gasteiger partial charge < -0.3 is 23.7 Å². The second kappa shape index (κ2) is 10.9. The topological polar surface area (TPSA) is 108 Å². The Hall–Kier alpha value is -3.01. The van der Waals surface area contributed by atoms with E-state index in [2.05, 4.69) is 9.88 Å². The van der Waals surface area contributed by atoms with Gasteiger partial charge in [0.1, 0.15) is 18.0 Å². The lowest BCUT2D eigenvalue weighted by Crippen LogP contribution is -2.47. The quantitative estimate of drug-likeness (QED) is 0.416. The minimum atomic E-state index is -0.879. The predicted molar refractivity (Wildman–Crippen MR) is 138 cm³/mol. The number of hydrogen-bond donors (Lipinski definition) is 2. The van der Waals surface area contributed by atoms with Crippen LogP contribution in [0.25, 0.3) is 22.4 Å². The Balaban J connectivity index is 1.63. The van der Waals surface area contributed by atoms with Crippen molar-refractivity contribution in [1.29, 1.82) is 0 Å². The van der Waals surface area contributed by atoms with Crippen LogP contribution in [-0.4, -0.2) is 56.7 Å². The number of nitrogens with zero attached hydrogens (tertiary/aromatic N) is 3. The van der Waals surface area contributed by atoms with Crippen LogP contribution in [0, 0.1) is 6.92 Å². The van der Waals surface area contributed by atoms with Crippen molar-refractivity contribution >= 4 is 17.0 Å². The molecule has 0 radical (unpaired) electrons. The molecule has 0 bridgehead atoms. The van der Waals surface area contributed by atoms with Gasteiger partial charge in [-0.25, -0.2) is 4.98 Å². The summed E-state index contributed by atoms with van der Waals surface area (Å²) < 4.78 is 14.7. The van der Waals surface area contributed by atoms with E-state index >= 15 is 0 Å². The number of methoxy groups -OCH3 is 1. The normalized spacial score (nSPS) is 16.5. The lowest BCUT2D eigenvalue weighted by Gasteiger charge is -2.28. The molecule has 9 heteroatoms. The molecule has 4 rings (SSSR count). The van der Waals surface area contributed by atoms with Gasteiger partial charge in [-0.1, -0.05) is 6.07 Å². The Morgan fingerprint density at radius 3 is 2.64 bits per heavy atom. The molecule has 2 heterocycles. The maximum Gasteiger partial charge on any atom is 0.326 e. The van der Waals surface area contributed by atoms with E-state index in [0.717, 1.165) is 47.2 Å². The molecule has 9 nitrogen and oxygen atoms in total. The highest BCUT2D eigenvalue weighted by Gasteiger charge is 2.29. The molecule has 3 aromatic rings. The Bertz CT molecular complexity index is 1270. The summed E-state index contributed by atoms with van der Waals surface area (Å²) in [7, 11) is 3.42. The molecule has 36 heavy (non-hydrogen) atoms. The number of pyridine rings is 1. The largest absolute Gasteiger partial charge is 0.461 e. The van der Waals surface area contributed by atoms with E-state index in [1.54, 1.807) is 38.8 Å². The van der Waals surface area contributed by atoms with Crippen LogP contribution in [0.3, 0.4) is 0 Å². The van der Waals surface area contributed by atoms with Crippen molar-refractivity contribution in [2.45, 2.75) is 77.5 Å². The summed E-state index contributed by atoms with van der Waals surface area (Å²) in [6.07, 6.45) is 3.69. The summed E-state index contributed by atoms with van der Waals surface area (Å²) in [6, 6.07) is 7.03. The van der Waals surface area contributed by atoms with Crippen molar-refractivity contribution < 1.29 is 19.4 Å². The van der Waals surface area contributed by atoms with E-state index in [0.29, 0.717) is 18.7 Å². The van der Waals surface area contributed by atoms with Crippen LogP contribution in [0.1, 0.15) is 44.2 Å². The average Bonchev–Trinajstić information content (AvgIpc) is 3.16. The second-order valence-corrected chi connectivity index (χ2v) is 9.83. The fraction of sp³-hybridized carbons (Fsp3) is 0.519. The van der Waals surface area contributed by atoms with Gasteiger partial charge >= 0.3 is 5.97 Å². The zero-order valence-electron chi connectivity index (χ0n) is 21.7. The van der Waals surface area contributed by atoms with Gasteiger partial charge in [-0.05, 0) is 63.8 Å². The SMILES string of the molecule is COC(C)Cn1c(-c2cc(C)c(=O)n(C)c2)nc2cc(CN[C@H](C(=O)OC3CCC3)[C@@H](C)O)ccc21. The number of hydrogen-bond acceptors (Lipinski definition) is 7. The Labute approximate surface area is 211 Å². The number of benzene rings is 1. The van der Waals surface area contributed by atoms with Gasteiger partial charge in [0.15, 0.2) is 0 Å². The monoisotopic (exact) mass is 496 g/mol. The molecule has 2 N–H and O–H groups in total. The highest BCUT2D eigenvalue weighted by molar-refractivity contribution is 5.81. The van der Waals surface area contributed by atoms with Crippen LogP contribution in [-0.2, 0) is 34.4 Å². The molecule has 1 aromatic carbocycles. The molecule has 1 unspecified atom stereocenters. The maximum absolute atomic E-state index is 12.5. The van der Waals surface area contributed by atoms with Gasteiger partial charge in [-0.3, -0.25) is 14.9 Å². The molecule has 0 amide bonds. The molecule has 0 saturated heterocycles.